The van der Waals surface area contributed by atoms with E-state index in [0.717, 1.165) is 64.2 Å². The van der Waals surface area contributed by atoms with E-state index in [4.69, 9.17) is 14.2 Å². The van der Waals surface area contributed by atoms with Crippen molar-refractivity contribution < 1.29 is 28.6 Å². The van der Waals surface area contributed by atoms with Crippen LogP contribution in [-0.2, 0) is 28.6 Å². The van der Waals surface area contributed by atoms with Gasteiger partial charge in [-0.2, -0.15) is 0 Å². The molecule has 0 aromatic heterocycles. The Balaban J connectivity index is 4.07. The predicted octanol–water partition coefficient (Wildman–Crippen LogP) is 24.5. The molecule has 0 bridgehead atoms. The highest BCUT2D eigenvalue weighted by atomic mass is 16.6. The maximum atomic E-state index is 12.9. The Morgan fingerprint density at radius 2 is 0.487 bits per heavy atom. The topological polar surface area (TPSA) is 78.9 Å². The van der Waals surface area contributed by atoms with Gasteiger partial charge in [0.1, 0.15) is 13.2 Å². The summed E-state index contributed by atoms with van der Waals surface area (Å²) in [5.41, 5.74) is 0. The van der Waals surface area contributed by atoms with Gasteiger partial charge in [0.25, 0.3) is 0 Å². The molecular formula is C74H136O6. The Morgan fingerprint density at radius 3 is 0.762 bits per heavy atom. The van der Waals surface area contributed by atoms with Gasteiger partial charge in [0.05, 0.1) is 0 Å². The third kappa shape index (κ3) is 66.2. The van der Waals surface area contributed by atoms with Crippen LogP contribution in [0.25, 0.3) is 0 Å². The summed E-state index contributed by atoms with van der Waals surface area (Å²) < 4.78 is 16.9. The Labute approximate surface area is 498 Å². The van der Waals surface area contributed by atoms with Crippen LogP contribution in [0.3, 0.4) is 0 Å². The molecule has 0 N–H and O–H groups in total. The predicted molar refractivity (Wildman–Crippen MR) is 349 cm³/mol. The van der Waals surface area contributed by atoms with Crippen LogP contribution in [0.5, 0.6) is 0 Å². The van der Waals surface area contributed by atoms with Gasteiger partial charge in [0.15, 0.2) is 6.10 Å². The first kappa shape index (κ1) is 77.4. The number of hydrogen-bond donors (Lipinski definition) is 0. The van der Waals surface area contributed by atoms with Crippen molar-refractivity contribution in [3.8, 4) is 0 Å². The van der Waals surface area contributed by atoms with Crippen LogP contribution in [0.15, 0.2) is 48.6 Å². The molecule has 0 rings (SSSR count). The number of esters is 3. The first-order chi connectivity index (χ1) is 39.5. The average molecular weight is 1120 g/mol. The number of carbonyl (C=O) groups excluding carboxylic acids is 3. The number of rotatable bonds is 66. The summed E-state index contributed by atoms with van der Waals surface area (Å²) in [6, 6.07) is 0. The number of allylic oxidation sites excluding steroid dienone is 8. The SMILES string of the molecule is CC/C=C\C/C=C\C/C=C\C/C=C\CCC(=O)OCC(COC(=O)CCCCCCCCCCCCCCCCCCCCCCCCCCCCCCCCCCCC)OC(=O)CCCCCCCCCCCCCCCCC. The standard InChI is InChI=1S/C74H136O6/c1-4-7-10-13-16-19-22-25-27-28-29-30-31-32-33-34-35-36-37-38-39-40-41-42-43-44-45-47-49-52-55-58-61-64-67-73(76)79-70-71(69-78-72(75)66-63-60-57-54-51-48-24-21-18-15-12-9-6-3)80-74(77)68-65-62-59-56-53-50-46-26-23-20-17-14-11-8-5-2/h9,12,18,21,48,51,57,60,71H,4-8,10-11,13-17,19-20,22-47,49-50,52-56,58-59,61-70H2,1-3H3/b12-9-,21-18-,51-48-,60-57-. The third-order valence-electron chi connectivity index (χ3n) is 16.1. The molecule has 1 atom stereocenters. The minimum Gasteiger partial charge on any atom is -0.462 e. The van der Waals surface area contributed by atoms with E-state index in [9.17, 15) is 14.4 Å². The largest absolute Gasteiger partial charge is 0.462 e. The highest BCUT2D eigenvalue weighted by molar-refractivity contribution is 5.71. The first-order valence-electron chi connectivity index (χ1n) is 35.6. The van der Waals surface area contributed by atoms with E-state index >= 15 is 0 Å². The summed E-state index contributed by atoms with van der Waals surface area (Å²) in [4.78, 5) is 38.3. The molecule has 0 aromatic carbocycles. The van der Waals surface area contributed by atoms with Crippen LogP contribution in [-0.4, -0.2) is 37.2 Å². The zero-order valence-electron chi connectivity index (χ0n) is 53.9. The fourth-order valence-corrected chi connectivity index (χ4v) is 10.8. The normalized spacial score (nSPS) is 12.3. The van der Waals surface area contributed by atoms with Gasteiger partial charge in [-0.15, -0.1) is 0 Å². The molecule has 80 heavy (non-hydrogen) atoms. The van der Waals surface area contributed by atoms with Gasteiger partial charge in [-0.1, -0.05) is 371 Å². The molecule has 0 aliphatic rings. The van der Waals surface area contributed by atoms with E-state index in [1.54, 1.807) is 0 Å². The molecule has 6 nitrogen and oxygen atoms in total. The maximum absolute atomic E-state index is 12.9. The van der Waals surface area contributed by atoms with Gasteiger partial charge in [-0.25, -0.2) is 0 Å². The van der Waals surface area contributed by atoms with Gasteiger partial charge in [-0.05, 0) is 44.9 Å². The van der Waals surface area contributed by atoms with E-state index in [2.05, 4.69) is 63.3 Å². The molecule has 0 radical (unpaired) electrons. The van der Waals surface area contributed by atoms with Crippen LogP contribution < -0.4 is 0 Å². The van der Waals surface area contributed by atoms with Crippen LogP contribution in [0.1, 0.15) is 387 Å². The molecular weight excluding hydrogens is 985 g/mol. The molecule has 468 valence electrons. The van der Waals surface area contributed by atoms with Crippen molar-refractivity contribution in [1.82, 2.24) is 0 Å². The zero-order valence-corrected chi connectivity index (χ0v) is 53.9. The van der Waals surface area contributed by atoms with Crippen molar-refractivity contribution in [2.75, 3.05) is 13.2 Å². The minimum atomic E-state index is -0.799. The molecule has 0 amide bonds. The molecule has 0 spiro atoms. The van der Waals surface area contributed by atoms with Gasteiger partial charge < -0.3 is 14.2 Å². The van der Waals surface area contributed by atoms with Crippen molar-refractivity contribution in [1.29, 1.82) is 0 Å². The Bertz CT molecular complexity index is 1380. The van der Waals surface area contributed by atoms with E-state index in [0.29, 0.717) is 19.3 Å². The van der Waals surface area contributed by atoms with Gasteiger partial charge in [0.2, 0.25) is 0 Å². The molecule has 0 aliphatic heterocycles. The zero-order chi connectivity index (χ0) is 57.8. The van der Waals surface area contributed by atoms with Crippen LogP contribution in [0.4, 0.5) is 0 Å². The summed E-state index contributed by atoms with van der Waals surface area (Å²) in [5.74, 6) is -0.952. The van der Waals surface area contributed by atoms with E-state index in [-0.39, 0.29) is 37.5 Å². The van der Waals surface area contributed by atoms with E-state index in [1.807, 2.05) is 6.08 Å². The molecule has 0 saturated heterocycles. The highest BCUT2D eigenvalue weighted by Gasteiger charge is 2.19. The molecule has 0 saturated carbocycles. The number of unbranched alkanes of at least 4 members (excludes halogenated alkanes) is 47. The maximum Gasteiger partial charge on any atom is 0.306 e. The quantitative estimate of drug-likeness (QED) is 0.0261. The Morgan fingerprint density at radius 1 is 0.263 bits per heavy atom. The third-order valence-corrected chi connectivity index (χ3v) is 16.1. The second-order valence-corrected chi connectivity index (χ2v) is 24.1. The van der Waals surface area contributed by atoms with E-state index < -0.39 is 6.10 Å². The number of hydrogen-bond acceptors (Lipinski definition) is 6. The second-order valence-electron chi connectivity index (χ2n) is 24.1. The van der Waals surface area contributed by atoms with Crippen molar-refractivity contribution >= 4 is 17.9 Å². The van der Waals surface area contributed by atoms with Gasteiger partial charge in [0, 0.05) is 19.3 Å². The fraction of sp³-hybridized carbons (Fsp3) is 0.851. The van der Waals surface area contributed by atoms with Crippen LogP contribution in [0.2, 0.25) is 0 Å². The smallest absolute Gasteiger partial charge is 0.306 e. The van der Waals surface area contributed by atoms with E-state index in [1.165, 1.54) is 276 Å². The Hall–Kier alpha value is -2.63. The summed E-state index contributed by atoms with van der Waals surface area (Å²) in [6.45, 7) is 6.52. The molecule has 1 unspecified atom stereocenters. The lowest BCUT2D eigenvalue weighted by Crippen LogP contribution is -2.30. The molecule has 0 aromatic rings. The van der Waals surface area contributed by atoms with Crippen molar-refractivity contribution in [3.05, 3.63) is 48.6 Å². The van der Waals surface area contributed by atoms with Crippen molar-refractivity contribution in [2.24, 2.45) is 0 Å². The van der Waals surface area contributed by atoms with Gasteiger partial charge >= 0.3 is 17.9 Å². The Kier molecular flexibility index (Phi) is 66.6. The minimum absolute atomic E-state index is 0.0900. The lowest BCUT2D eigenvalue weighted by Gasteiger charge is -2.18. The van der Waals surface area contributed by atoms with Crippen molar-refractivity contribution in [2.45, 2.75) is 393 Å². The lowest BCUT2D eigenvalue weighted by atomic mass is 10.0. The monoisotopic (exact) mass is 1120 g/mol. The molecule has 0 aliphatic carbocycles. The summed E-state index contributed by atoms with van der Waals surface area (Å²) in [7, 11) is 0. The van der Waals surface area contributed by atoms with Crippen LogP contribution >= 0.6 is 0 Å². The first-order valence-corrected chi connectivity index (χ1v) is 35.6. The lowest BCUT2D eigenvalue weighted by molar-refractivity contribution is -0.166. The fourth-order valence-electron chi connectivity index (χ4n) is 10.8. The van der Waals surface area contributed by atoms with Crippen LogP contribution in [0, 0.1) is 0 Å². The number of ether oxygens (including phenoxy) is 3. The average Bonchev–Trinajstić information content (AvgIpc) is 3.46. The summed E-state index contributed by atoms with van der Waals surface area (Å²) in [5, 5.41) is 0. The second kappa shape index (κ2) is 68.9. The highest BCUT2D eigenvalue weighted by Crippen LogP contribution is 2.19. The summed E-state index contributed by atoms with van der Waals surface area (Å²) >= 11 is 0. The molecule has 0 heterocycles. The van der Waals surface area contributed by atoms with Crippen molar-refractivity contribution in [3.63, 3.8) is 0 Å². The molecule has 0 fully saturated rings. The number of carbonyl (C=O) groups is 3. The summed E-state index contributed by atoms with van der Waals surface area (Å²) in [6.07, 6.45) is 87.6. The van der Waals surface area contributed by atoms with Gasteiger partial charge in [-0.3, -0.25) is 14.4 Å². The molecule has 6 heteroatoms.